The summed E-state index contributed by atoms with van der Waals surface area (Å²) in [5, 5.41) is 9.16. The van der Waals surface area contributed by atoms with Gasteiger partial charge >= 0.3 is 5.97 Å². The quantitative estimate of drug-likeness (QED) is 0.724. The van der Waals surface area contributed by atoms with Gasteiger partial charge in [0.2, 0.25) is 0 Å². The van der Waals surface area contributed by atoms with Gasteiger partial charge in [-0.15, -0.1) is 6.58 Å². The fraction of sp³-hybridized carbons (Fsp3) is 0.769. The van der Waals surface area contributed by atoms with Crippen molar-refractivity contribution in [2.24, 2.45) is 17.3 Å². The molecule has 1 saturated carbocycles. The number of carboxylic acid groups (broad SMARTS) is 1. The molecule has 0 aliphatic heterocycles. The Labute approximate surface area is 92.4 Å². The van der Waals surface area contributed by atoms with E-state index in [0.29, 0.717) is 5.41 Å². The maximum Gasteiger partial charge on any atom is 0.306 e. The first-order valence-electron chi connectivity index (χ1n) is 5.69. The van der Waals surface area contributed by atoms with Gasteiger partial charge < -0.3 is 5.11 Å². The van der Waals surface area contributed by atoms with Gasteiger partial charge in [0.05, 0.1) is 5.92 Å². The van der Waals surface area contributed by atoms with Crippen molar-refractivity contribution < 1.29 is 9.90 Å². The second-order valence-corrected chi connectivity index (χ2v) is 5.77. The molecule has 0 aromatic heterocycles. The maximum absolute atomic E-state index is 11.1. The minimum absolute atomic E-state index is 0.158. The zero-order valence-electron chi connectivity index (χ0n) is 10.0. The van der Waals surface area contributed by atoms with Crippen molar-refractivity contribution in [2.75, 3.05) is 0 Å². The summed E-state index contributed by atoms with van der Waals surface area (Å²) in [6.45, 7) is 10.3. The van der Waals surface area contributed by atoms with Crippen LogP contribution in [0.3, 0.4) is 0 Å². The minimum atomic E-state index is -0.628. The number of rotatable bonds is 3. The molecule has 2 heteroatoms. The Morgan fingerprint density at radius 3 is 2.60 bits per heavy atom. The topological polar surface area (TPSA) is 37.3 Å². The Morgan fingerprint density at radius 2 is 2.13 bits per heavy atom. The lowest BCUT2D eigenvalue weighted by molar-refractivity contribution is -0.146. The van der Waals surface area contributed by atoms with E-state index in [2.05, 4.69) is 20.4 Å². The third kappa shape index (κ3) is 3.37. The van der Waals surface area contributed by atoms with E-state index < -0.39 is 5.97 Å². The molecule has 1 aliphatic rings. The zero-order valence-corrected chi connectivity index (χ0v) is 10.0. The molecule has 0 aromatic carbocycles. The van der Waals surface area contributed by atoms with Crippen molar-refractivity contribution >= 4 is 5.97 Å². The van der Waals surface area contributed by atoms with Crippen LogP contribution in [0, 0.1) is 17.3 Å². The van der Waals surface area contributed by atoms with Crippen molar-refractivity contribution in [3.8, 4) is 0 Å². The molecule has 0 amide bonds. The SMILES string of the molecule is C=C(C)CC1CC(C)(C)CCC1C(=O)O. The van der Waals surface area contributed by atoms with E-state index in [0.717, 1.165) is 31.3 Å². The van der Waals surface area contributed by atoms with Crippen LogP contribution in [-0.4, -0.2) is 11.1 Å². The van der Waals surface area contributed by atoms with Crippen LogP contribution in [0.1, 0.15) is 46.5 Å². The number of carboxylic acids is 1. The Bertz CT molecular complexity index is 266. The summed E-state index contributed by atoms with van der Waals surface area (Å²) in [4.78, 5) is 11.1. The molecule has 0 bridgehead atoms. The Morgan fingerprint density at radius 1 is 1.53 bits per heavy atom. The van der Waals surface area contributed by atoms with E-state index in [1.54, 1.807) is 0 Å². The van der Waals surface area contributed by atoms with Gasteiger partial charge in [-0.1, -0.05) is 19.4 Å². The predicted octanol–water partition coefficient (Wildman–Crippen LogP) is 3.48. The number of hydrogen-bond acceptors (Lipinski definition) is 1. The lowest BCUT2D eigenvalue weighted by Gasteiger charge is -2.39. The lowest BCUT2D eigenvalue weighted by Crippen LogP contribution is -2.34. The third-order valence-electron chi connectivity index (χ3n) is 3.44. The van der Waals surface area contributed by atoms with Crippen molar-refractivity contribution in [1.82, 2.24) is 0 Å². The molecule has 0 spiro atoms. The largest absolute Gasteiger partial charge is 0.481 e. The molecule has 0 aromatic rings. The highest BCUT2D eigenvalue weighted by molar-refractivity contribution is 5.70. The number of allylic oxidation sites excluding steroid dienone is 1. The first-order valence-corrected chi connectivity index (χ1v) is 5.69. The first kappa shape index (κ1) is 12.3. The highest BCUT2D eigenvalue weighted by atomic mass is 16.4. The molecule has 0 heterocycles. The second-order valence-electron chi connectivity index (χ2n) is 5.77. The maximum atomic E-state index is 11.1. The summed E-state index contributed by atoms with van der Waals surface area (Å²) >= 11 is 0. The Kier molecular flexibility index (Phi) is 3.58. The van der Waals surface area contributed by atoms with Gasteiger partial charge in [0.15, 0.2) is 0 Å². The molecule has 2 unspecified atom stereocenters. The van der Waals surface area contributed by atoms with Gasteiger partial charge in [0, 0.05) is 0 Å². The second kappa shape index (κ2) is 4.38. The summed E-state index contributed by atoms with van der Waals surface area (Å²) in [5.74, 6) is -0.504. The summed E-state index contributed by atoms with van der Waals surface area (Å²) in [6.07, 6.45) is 3.72. The van der Waals surface area contributed by atoms with E-state index in [1.807, 2.05) is 6.92 Å². The summed E-state index contributed by atoms with van der Waals surface area (Å²) in [6, 6.07) is 0. The molecule has 1 aliphatic carbocycles. The highest BCUT2D eigenvalue weighted by Gasteiger charge is 2.38. The molecule has 0 saturated heterocycles. The average molecular weight is 210 g/mol. The third-order valence-corrected chi connectivity index (χ3v) is 3.44. The fourth-order valence-electron chi connectivity index (χ4n) is 2.72. The van der Waals surface area contributed by atoms with Crippen molar-refractivity contribution in [3.63, 3.8) is 0 Å². The van der Waals surface area contributed by atoms with Crippen LogP contribution >= 0.6 is 0 Å². The van der Waals surface area contributed by atoms with Crippen LogP contribution in [0.2, 0.25) is 0 Å². The molecule has 2 atom stereocenters. The minimum Gasteiger partial charge on any atom is -0.481 e. The predicted molar refractivity (Wildman–Crippen MR) is 61.7 cm³/mol. The van der Waals surface area contributed by atoms with Crippen LogP contribution < -0.4 is 0 Å². The zero-order chi connectivity index (χ0) is 11.6. The van der Waals surface area contributed by atoms with Gasteiger partial charge in [-0.3, -0.25) is 4.79 Å². The monoisotopic (exact) mass is 210 g/mol. The van der Waals surface area contributed by atoms with E-state index in [-0.39, 0.29) is 11.8 Å². The van der Waals surface area contributed by atoms with Gasteiger partial charge in [-0.25, -0.2) is 0 Å². The van der Waals surface area contributed by atoms with E-state index in [1.165, 1.54) is 0 Å². The molecule has 0 radical (unpaired) electrons. The van der Waals surface area contributed by atoms with Gasteiger partial charge in [0.25, 0.3) is 0 Å². The molecule has 1 rings (SSSR count). The van der Waals surface area contributed by atoms with Gasteiger partial charge in [-0.2, -0.15) is 0 Å². The normalized spacial score (nSPS) is 29.8. The fourth-order valence-corrected chi connectivity index (χ4v) is 2.72. The first-order chi connectivity index (χ1) is 6.82. The van der Waals surface area contributed by atoms with Gasteiger partial charge in [-0.05, 0) is 43.9 Å². The average Bonchev–Trinajstić information content (AvgIpc) is 1.99. The lowest BCUT2D eigenvalue weighted by atomic mass is 9.65. The van der Waals surface area contributed by atoms with Crippen molar-refractivity contribution in [2.45, 2.75) is 46.5 Å². The van der Waals surface area contributed by atoms with Crippen LogP contribution in [0.15, 0.2) is 12.2 Å². The summed E-state index contributed by atoms with van der Waals surface area (Å²) in [5.41, 5.74) is 1.40. The molecule has 86 valence electrons. The van der Waals surface area contributed by atoms with E-state index >= 15 is 0 Å². The highest BCUT2D eigenvalue weighted by Crippen LogP contribution is 2.44. The number of hydrogen-bond donors (Lipinski definition) is 1. The molecule has 15 heavy (non-hydrogen) atoms. The van der Waals surface area contributed by atoms with Crippen molar-refractivity contribution in [3.05, 3.63) is 12.2 Å². The van der Waals surface area contributed by atoms with E-state index in [4.69, 9.17) is 5.11 Å². The number of aliphatic carboxylic acids is 1. The van der Waals surface area contributed by atoms with Crippen LogP contribution in [0.4, 0.5) is 0 Å². The van der Waals surface area contributed by atoms with Gasteiger partial charge in [0.1, 0.15) is 0 Å². The molecular formula is C13H22O2. The smallest absolute Gasteiger partial charge is 0.306 e. The van der Waals surface area contributed by atoms with Crippen LogP contribution in [0.5, 0.6) is 0 Å². The molecule has 2 nitrogen and oxygen atoms in total. The van der Waals surface area contributed by atoms with E-state index in [9.17, 15) is 4.79 Å². The molecular weight excluding hydrogens is 188 g/mol. The van der Waals surface area contributed by atoms with Crippen LogP contribution in [-0.2, 0) is 4.79 Å². The molecule has 1 fully saturated rings. The number of carbonyl (C=O) groups is 1. The standard InChI is InChI=1S/C13H22O2/c1-9(2)7-10-8-13(3,4)6-5-11(10)12(14)15/h10-11H,1,5-8H2,2-4H3,(H,14,15). The van der Waals surface area contributed by atoms with Crippen molar-refractivity contribution in [1.29, 1.82) is 0 Å². The Hall–Kier alpha value is -0.790. The molecule has 1 N–H and O–H groups in total. The summed E-state index contributed by atoms with van der Waals surface area (Å²) in [7, 11) is 0. The Balaban J connectivity index is 2.73. The van der Waals surface area contributed by atoms with Crippen LogP contribution in [0.25, 0.3) is 0 Å². The summed E-state index contributed by atoms with van der Waals surface area (Å²) < 4.78 is 0.